The van der Waals surface area contributed by atoms with E-state index >= 15 is 0 Å². The Kier molecular flexibility index (Phi) is 6.96. The Hall–Kier alpha value is -3.20. The number of carbonyl (C=O) groups is 1. The van der Waals surface area contributed by atoms with Gasteiger partial charge >= 0.3 is 0 Å². The lowest BCUT2D eigenvalue weighted by Gasteiger charge is -2.38. The molecule has 3 aromatic rings. The van der Waals surface area contributed by atoms with E-state index in [4.69, 9.17) is 0 Å². The summed E-state index contributed by atoms with van der Waals surface area (Å²) in [6.45, 7) is 6.94. The Bertz CT molecular complexity index is 1270. The van der Waals surface area contributed by atoms with E-state index in [0.29, 0.717) is 55.1 Å². The molecule has 3 heterocycles. The number of aromatic nitrogens is 2. The van der Waals surface area contributed by atoms with Crippen LogP contribution in [0.5, 0.6) is 0 Å². The second-order valence-electron chi connectivity index (χ2n) is 9.92. The number of alkyl halides is 2. The van der Waals surface area contributed by atoms with Gasteiger partial charge in [-0.25, -0.2) is 13.2 Å². The number of hydrogen-bond acceptors (Lipinski definition) is 5. The molecule has 2 N–H and O–H groups in total. The fraction of sp³-hybridized carbons (Fsp3) is 0.444. The zero-order valence-corrected chi connectivity index (χ0v) is 20.9. The lowest BCUT2D eigenvalue weighted by Crippen LogP contribution is -2.46. The molecule has 1 aromatic carbocycles. The number of carbonyl (C=O) groups excluding carboxylic acids is 1. The summed E-state index contributed by atoms with van der Waals surface area (Å²) in [6.07, 6.45) is 3.86. The van der Waals surface area contributed by atoms with Crippen LogP contribution < -0.4 is 5.32 Å². The van der Waals surface area contributed by atoms with Gasteiger partial charge in [0, 0.05) is 48.8 Å². The Balaban J connectivity index is 1.62. The fourth-order valence-electron chi connectivity index (χ4n) is 4.68. The number of piperidine rings is 1. The molecule has 1 fully saturated rings. The SMILES string of the molecule is CC(C)C(=O)N1CCC(O)(c2cc3c(N[C@H](C)c4cccc(C(C)(F)F)c4F)ccnc3cn2)CC1. The van der Waals surface area contributed by atoms with Gasteiger partial charge in [-0.05, 0) is 31.9 Å². The van der Waals surface area contributed by atoms with Crippen LogP contribution in [0.4, 0.5) is 18.9 Å². The van der Waals surface area contributed by atoms with Gasteiger partial charge in [0.2, 0.25) is 5.91 Å². The predicted molar refractivity (Wildman–Crippen MR) is 132 cm³/mol. The van der Waals surface area contributed by atoms with Gasteiger partial charge in [0.15, 0.2) is 0 Å². The van der Waals surface area contributed by atoms with Crippen LogP contribution in [0, 0.1) is 11.7 Å². The highest BCUT2D eigenvalue weighted by atomic mass is 19.3. The Morgan fingerprint density at radius 3 is 2.50 bits per heavy atom. The number of fused-ring (bicyclic) bond motifs is 1. The topological polar surface area (TPSA) is 78.4 Å². The van der Waals surface area contributed by atoms with E-state index in [0.717, 1.165) is 6.07 Å². The first-order chi connectivity index (χ1) is 16.9. The molecule has 1 aliphatic heterocycles. The van der Waals surface area contributed by atoms with Crippen LogP contribution in [0.3, 0.4) is 0 Å². The highest BCUT2D eigenvalue weighted by molar-refractivity contribution is 5.91. The van der Waals surface area contributed by atoms with Crippen molar-refractivity contribution in [2.45, 2.75) is 58.1 Å². The van der Waals surface area contributed by atoms with Crippen LogP contribution in [0.2, 0.25) is 0 Å². The third-order valence-corrected chi connectivity index (χ3v) is 6.84. The van der Waals surface area contributed by atoms with E-state index in [9.17, 15) is 23.1 Å². The molecule has 1 amide bonds. The van der Waals surface area contributed by atoms with Crippen molar-refractivity contribution >= 4 is 22.5 Å². The molecule has 0 spiro atoms. The molecule has 9 heteroatoms. The molecule has 192 valence electrons. The van der Waals surface area contributed by atoms with E-state index in [1.165, 1.54) is 12.1 Å². The summed E-state index contributed by atoms with van der Waals surface area (Å²) in [7, 11) is 0. The maximum absolute atomic E-state index is 14.9. The maximum Gasteiger partial charge on any atom is 0.273 e. The highest BCUT2D eigenvalue weighted by Crippen LogP contribution is 2.36. The third-order valence-electron chi connectivity index (χ3n) is 6.84. The summed E-state index contributed by atoms with van der Waals surface area (Å²) >= 11 is 0. The fourth-order valence-corrected chi connectivity index (χ4v) is 4.68. The first kappa shape index (κ1) is 25.9. The second-order valence-corrected chi connectivity index (χ2v) is 9.92. The average molecular weight is 501 g/mol. The minimum atomic E-state index is -3.30. The quantitative estimate of drug-likeness (QED) is 0.466. The minimum absolute atomic E-state index is 0.0605. The van der Waals surface area contributed by atoms with E-state index in [-0.39, 0.29) is 17.4 Å². The largest absolute Gasteiger partial charge is 0.383 e. The lowest BCUT2D eigenvalue weighted by atomic mass is 9.87. The van der Waals surface area contributed by atoms with Crippen molar-refractivity contribution in [2.24, 2.45) is 5.92 Å². The van der Waals surface area contributed by atoms with Crippen molar-refractivity contribution in [3.8, 4) is 0 Å². The molecule has 6 nitrogen and oxygen atoms in total. The van der Waals surface area contributed by atoms with Crippen molar-refractivity contribution < 1.29 is 23.1 Å². The number of nitrogens with zero attached hydrogens (tertiary/aromatic N) is 3. The van der Waals surface area contributed by atoms with E-state index in [2.05, 4.69) is 15.3 Å². The van der Waals surface area contributed by atoms with Crippen LogP contribution in [-0.4, -0.2) is 39.0 Å². The van der Waals surface area contributed by atoms with Gasteiger partial charge in [0.1, 0.15) is 11.4 Å². The first-order valence-corrected chi connectivity index (χ1v) is 12.1. The van der Waals surface area contributed by atoms with Gasteiger partial charge in [-0.2, -0.15) is 0 Å². The summed E-state index contributed by atoms with van der Waals surface area (Å²) in [5.74, 6) is -4.28. The van der Waals surface area contributed by atoms with Gasteiger partial charge < -0.3 is 15.3 Å². The Morgan fingerprint density at radius 1 is 1.17 bits per heavy atom. The summed E-state index contributed by atoms with van der Waals surface area (Å²) in [5.41, 5.74) is -0.0811. The van der Waals surface area contributed by atoms with E-state index in [1.54, 1.807) is 36.4 Å². The molecular formula is C27H31F3N4O2. The zero-order chi connectivity index (χ0) is 26.3. The number of rotatable bonds is 6. The van der Waals surface area contributed by atoms with Crippen LogP contribution in [0.15, 0.2) is 42.7 Å². The molecule has 4 rings (SSSR count). The Labute approximate surface area is 208 Å². The summed E-state index contributed by atoms with van der Waals surface area (Å²) < 4.78 is 42.6. The molecular weight excluding hydrogens is 469 g/mol. The molecule has 36 heavy (non-hydrogen) atoms. The molecule has 0 unspecified atom stereocenters. The molecule has 1 saturated heterocycles. The molecule has 0 saturated carbocycles. The second kappa shape index (κ2) is 9.69. The van der Waals surface area contributed by atoms with Gasteiger partial charge in [-0.1, -0.05) is 32.0 Å². The summed E-state index contributed by atoms with van der Waals surface area (Å²) in [6, 6.07) is 6.83. The van der Waals surface area contributed by atoms with Crippen molar-refractivity contribution in [3.63, 3.8) is 0 Å². The standard InChI is InChI=1S/C27H31F3N4O2/c1-16(2)25(35)34-12-9-27(36,10-13-34)23-14-19-21(8-11-31-22(19)15-32-23)33-17(3)18-6-5-7-20(24(18)28)26(4,29)30/h5-8,11,14-17,36H,9-10,12-13H2,1-4H3,(H,31,33)/t17-/m1/s1. The summed E-state index contributed by atoms with van der Waals surface area (Å²) in [5, 5.41) is 15.3. The minimum Gasteiger partial charge on any atom is -0.383 e. The molecule has 0 bridgehead atoms. The van der Waals surface area contributed by atoms with Crippen molar-refractivity contribution in [1.29, 1.82) is 0 Å². The van der Waals surface area contributed by atoms with Crippen molar-refractivity contribution in [1.82, 2.24) is 14.9 Å². The molecule has 2 aromatic heterocycles. The molecule has 1 atom stereocenters. The smallest absolute Gasteiger partial charge is 0.273 e. The number of halogens is 3. The normalized spacial score (nSPS) is 16.9. The number of pyridine rings is 2. The third kappa shape index (κ3) is 5.02. The number of nitrogens with one attached hydrogen (secondary N) is 1. The van der Waals surface area contributed by atoms with Crippen LogP contribution in [-0.2, 0) is 16.3 Å². The molecule has 0 aliphatic carbocycles. The van der Waals surface area contributed by atoms with Crippen molar-refractivity contribution in [3.05, 3.63) is 65.4 Å². The number of hydrogen-bond donors (Lipinski definition) is 2. The average Bonchev–Trinajstić information content (AvgIpc) is 2.83. The number of aliphatic hydroxyl groups is 1. The van der Waals surface area contributed by atoms with Crippen LogP contribution >= 0.6 is 0 Å². The monoisotopic (exact) mass is 500 g/mol. The van der Waals surface area contributed by atoms with Crippen LogP contribution in [0.25, 0.3) is 10.9 Å². The molecule has 0 radical (unpaired) electrons. The van der Waals surface area contributed by atoms with Crippen molar-refractivity contribution in [2.75, 3.05) is 18.4 Å². The van der Waals surface area contributed by atoms with Gasteiger partial charge in [-0.3, -0.25) is 14.8 Å². The van der Waals surface area contributed by atoms with Crippen LogP contribution in [0.1, 0.15) is 63.4 Å². The highest BCUT2D eigenvalue weighted by Gasteiger charge is 2.37. The number of anilines is 1. The number of amides is 1. The van der Waals surface area contributed by atoms with Gasteiger partial charge in [-0.15, -0.1) is 0 Å². The Morgan fingerprint density at radius 2 is 1.86 bits per heavy atom. The lowest BCUT2D eigenvalue weighted by molar-refractivity contribution is -0.139. The molecule has 1 aliphatic rings. The predicted octanol–water partition coefficient (Wildman–Crippen LogP) is 5.52. The van der Waals surface area contributed by atoms with E-state index < -0.39 is 28.9 Å². The van der Waals surface area contributed by atoms with Gasteiger partial charge in [0.05, 0.1) is 29.0 Å². The zero-order valence-electron chi connectivity index (χ0n) is 20.9. The first-order valence-electron chi connectivity index (χ1n) is 12.1. The summed E-state index contributed by atoms with van der Waals surface area (Å²) in [4.78, 5) is 22.9. The number of benzene rings is 1. The van der Waals surface area contributed by atoms with E-state index in [1.807, 2.05) is 13.8 Å². The number of likely N-dealkylation sites (tertiary alicyclic amines) is 1. The van der Waals surface area contributed by atoms with Gasteiger partial charge in [0.25, 0.3) is 5.92 Å². The maximum atomic E-state index is 14.9.